The normalized spacial score (nSPS) is 11.1. The van der Waals surface area contributed by atoms with Crippen molar-refractivity contribution in [3.8, 4) is 0 Å². The molecular weight excluding hydrogens is 532 g/mol. The summed E-state index contributed by atoms with van der Waals surface area (Å²) in [5, 5.41) is 22.9. The van der Waals surface area contributed by atoms with Crippen LogP contribution in [0.4, 0.5) is 24.5 Å². The first-order chi connectivity index (χ1) is 16.5. The van der Waals surface area contributed by atoms with Gasteiger partial charge in [-0.3, -0.25) is 20.2 Å². The third kappa shape index (κ3) is 6.99. The van der Waals surface area contributed by atoms with Crippen LogP contribution in [0, 0.1) is 37.7 Å². The van der Waals surface area contributed by atoms with Crippen LogP contribution in [-0.4, -0.2) is 19.1 Å². The molecule has 3 rings (SSSR count). The quantitative estimate of drug-likeness (QED) is 0.129. The van der Waals surface area contributed by atoms with Crippen molar-refractivity contribution in [3.05, 3.63) is 113 Å². The summed E-state index contributed by atoms with van der Waals surface area (Å²) in [6, 6.07) is 8.48. The van der Waals surface area contributed by atoms with Crippen LogP contribution >= 0.6 is 23.2 Å². The molecule has 8 nitrogen and oxygen atoms in total. The minimum atomic E-state index is -2.59. The Morgan fingerprint density at radius 2 is 1.17 bits per heavy atom. The van der Waals surface area contributed by atoms with Crippen LogP contribution in [0.15, 0.2) is 48.5 Å². The lowest BCUT2D eigenvalue weighted by Crippen LogP contribution is -2.27. The van der Waals surface area contributed by atoms with Crippen LogP contribution in [0.3, 0.4) is 0 Å². The average Bonchev–Trinajstić information content (AvgIpc) is 2.80. The van der Waals surface area contributed by atoms with Gasteiger partial charge in [-0.15, -0.1) is 0 Å². The summed E-state index contributed by atoms with van der Waals surface area (Å²) in [5.74, 6) is -3.71. The van der Waals surface area contributed by atoms with Gasteiger partial charge in [0.25, 0.3) is 11.4 Å². The molecule has 14 heteroatoms. The van der Waals surface area contributed by atoms with Crippen molar-refractivity contribution in [2.45, 2.75) is 19.3 Å². The van der Waals surface area contributed by atoms with E-state index in [2.05, 4.69) is 0 Å². The van der Waals surface area contributed by atoms with Crippen molar-refractivity contribution in [2.24, 2.45) is 0 Å². The van der Waals surface area contributed by atoms with Gasteiger partial charge in [0, 0.05) is 34.3 Å². The molecule has 0 spiro atoms. The molecule has 0 saturated heterocycles. The monoisotopic (exact) mass is 545 g/mol. The number of hydrogen-bond acceptors (Lipinski definition) is 6. The predicted octanol–water partition coefficient (Wildman–Crippen LogP) is 6.23. The summed E-state index contributed by atoms with van der Waals surface area (Å²) in [6.45, 7) is -0.703. The highest BCUT2D eigenvalue weighted by atomic mass is 35.5. The molecule has 0 aliphatic heterocycles. The Morgan fingerprint density at radius 1 is 0.714 bits per heavy atom. The van der Waals surface area contributed by atoms with Gasteiger partial charge in [-0.1, -0.05) is 23.2 Å². The largest absolute Gasteiger partial charge is 0.390 e. The fourth-order valence-corrected chi connectivity index (χ4v) is 4.81. The Hall–Kier alpha value is -3.03. The number of rotatable bonds is 10. The number of nitro benzene ring substituents is 2. The van der Waals surface area contributed by atoms with Gasteiger partial charge < -0.3 is 8.85 Å². The molecule has 0 unspecified atom stereocenters. The molecule has 0 amide bonds. The number of nitrogens with zero attached hydrogens (tertiary/aromatic N) is 2. The van der Waals surface area contributed by atoms with Crippen LogP contribution in [0.25, 0.3) is 0 Å². The van der Waals surface area contributed by atoms with E-state index >= 15 is 0 Å². The highest BCUT2D eigenvalue weighted by Crippen LogP contribution is 2.27. The lowest BCUT2D eigenvalue weighted by Gasteiger charge is -2.17. The zero-order valence-corrected chi connectivity index (χ0v) is 20.0. The Labute approximate surface area is 208 Å². The molecule has 0 atom stereocenters. The topological polar surface area (TPSA) is 105 Å². The van der Waals surface area contributed by atoms with Gasteiger partial charge in [0.05, 0.1) is 34.2 Å². The number of benzene rings is 3. The minimum Gasteiger partial charge on any atom is -0.388 e. The predicted molar refractivity (Wildman–Crippen MR) is 122 cm³/mol. The molecule has 0 aliphatic rings. The number of nitro groups is 2. The molecule has 3 aromatic rings. The van der Waals surface area contributed by atoms with Crippen molar-refractivity contribution >= 4 is 43.9 Å². The zero-order chi connectivity index (χ0) is 25.7. The SMILES string of the molecule is O=[N+]([O-])c1cc(Cl)ccc1CO[Si](Cc1cc(F)c(F)cc1F)OCc1ccc(Cl)cc1[N+](=O)[O-]. The third-order valence-electron chi connectivity index (χ3n) is 4.69. The van der Waals surface area contributed by atoms with Crippen LogP contribution in [0.2, 0.25) is 10.0 Å². The molecule has 0 fully saturated rings. The molecule has 0 saturated carbocycles. The highest BCUT2D eigenvalue weighted by molar-refractivity contribution is 6.43. The van der Waals surface area contributed by atoms with E-state index in [1.54, 1.807) is 0 Å². The van der Waals surface area contributed by atoms with Crippen LogP contribution < -0.4 is 0 Å². The highest BCUT2D eigenvalue weighted by Gasteiger charge is 2.25. The van der Waals surface area contributed by atoms with E-state index in [0.717, 1.165) is 12.1 Å². The lowest BCUT2D eigenvalue weighted by molar-refractivity contribution is -0.385. The van der Waals surface area contributed by atoms with E-state index in [0.29, 0.717) is 12.1 Å². The third-order valence-corrected chi connectivity index (χ3v) is 6.76. The maximum absolute atomic E-state index is 14.2. The van der Waals surface area contributed by atoms with E-state index in [1.165, 1.54) is 24.3 Å². The summed E-state index contributed by atoms with van der Waals surface area (Å²) in [4.78, 5) is 21.3. The molecule has 183 valence electrons. The summed E-state index contributed by atoms with van der Waals surface area (Å²) in [6.07, 6.45) is 0. The Bertz CT molecular complexity index is 1220. The minimum absolute atomic E-state index is 0.126. The van der Waals surface area contributed by atoms with Crippen LogP contribution in [-0.2, 0) is 28.1 Å². The Kier molecular flexibility index (Phi) is 8.80. The second-order valence-electron chi connectivity index (χ2n) is 7.04. The second kappa shape index (κ2) is 11.6. The fourth-order valence-electron chi connectivity index (χ4n) is 2.97. The van der Waals surface area contributed by atoms with E-state index in [4.69, 9.17) is 32.1 Å². The van der Waals surface area contributed by atoms with Gasteiger partial charge >= 0.3 is 9.28 Å². The molecule has 0 N–H and O–H groups in total. The first-order valence-corrected chi connectivity index (χ1v) is 11.9. The van der Waals surface area contributed by atoms with E-state index in [9.17, 15) is 33.4 Å². The van der Waals surface area contributed by atoms with Crippen LogP contribution in [0.5, 0.6) is 0 Å². The van der Waals surface area contributed by atoms with Crippen molar-refractivity contribution in [3.63, 3.8) is 0 Å². The molecule has 0 aromatic heterocycles. The smallest absolute Gasteiger partial charge is 0.388 e. The average molecular weight is 546 g/mol. The molecular formula is C21H14Cl2F3N2O6Si. The van der Waals surface area contributed by atoms with Gasteiger partial charge in [0.15, 0.2) is 11.6 Å². The lowest BCUT2D eigenvalue weighted by atomic mass is 10.2. The van der Waals surface area contributed by atoms with Crippen molar-refractivity contribution in [1.29, 1.82) is 0 Å². The maximum Gasteiger partial charge on any atom is 0.390 e. The second-order valence-corrected chi connectivity index (χ2v) is 9.59. The first-order valence-electron chi connectivity index (χ1n) is 9.65. The molecule has 35 heavy (non-hydrogen) atoms. The molecule has 0 bridgehead atoms. The van der Waals surface area contributed by atoms with Gasteiger partial charge in [-0.25, -0.2) is 13.2 Å². The van der Waals surface area contributed by atoms with Crippen LogP contribution in [0.1, 0.15) is 16.7 Å². The van der Waals surface area contributed by atoms with E-state index in [1.807, 2.05) is 0 Å². The van der Waals surface area contributed by atoms with Crippen molar-refractivity contribution < 1.29 is 31.9 Å². The summed E-state index contributed by atoms with van der Waals surface area (Å²) < 4.78 is 52.6. The zero-order valence-electron chi connectivity index (χ0n) is 17.5. The molecule has 0 aliphatic carbocycles. The van der Waals surface area contributed by atoms with Gasteiger partial charge in [0.2, 0.25) is 0 Å². The fraction of sp³-hybridized carbons (Fsp3) is 0.143. The summed E-state index contributed by atoms with van der Waals surface area (Å²) in [7, 11) is -2.59. The number of halogens is 5. The van der Waals surface area contributed by atoms with Crippen molar-refractivity contribution in [1.82, 2.24) is 0 Å². The molecule has 0 heterocycles. The number of hydrogen-bond donors (Lipinski definition) is 0. The van der Waals surface area contributed by atoms with Gasteiger partial charge in [-0.2, -0.15) is 0 Å². The Balaban J connectivity index is 1.86. The van der Waals surface area contributed by atoms with E-state index in [-0.39, 0.29) is 57.4 Å². The van der Waals surface area contributed by atoms with Gasteiger partial charge in [0.1, 0.15) is 5.82 Å². The first kappa shape index (κ1) is 26.6. The molecule has 1 radical (unpaired) electrons. The Morgan fingerprint density at radius 3 is 1.63 bits per heavy atom. The molecule has 3 aromatic carbocycles. The van der Waals surface area contributed by atoms with Gasteiger partial charge in [-0.05, 0) is 35.9 Å². The maximum atomic E-state index is 14.2. The summed E-state index contributed by atoms with van der Waals surface area (Å²) >= 11 is 11.6. The van der Waals surface area contributed by atoms with E-state index < -0.39 is 36.6 Å². The summed E-state index contributed by atoms with van der Waals surface area (Å²) in [5.41, 5.74) is -0.645. The van der Waals surface area contributed by atoms with Crippen molar-refractivity contribution in [2.75, 3.05) is 0 Å². The standard InChI is InChI=1S/C21H14Cl2F3N2O6Si/c22-15-3-1-12(20(6-15)27(29)30)9-33-35(11-14-5-18(25)19(26)8-17(14)24)34-10-13-2-4-16(23)7-21(13)28(31)32/h1-8H,9-11H2.